The van der Waals surface area contributed by atoms with Gasteiger partial charge in [0, 0.05) is 55.2 Å². The zero-order chi connectivity index (χ0) is 30.4. The van der Waals surface area contributed by atoms with Gasteiger partial charge in [-0.3, -0.25) is 0 Å². The lowest BCUT2D eigenvalue weighted by atomic mass is 10.2. The summed E-state index contributed by atoms with van der Waals surface area (Å²) in [5.74, 6) is -1.01. The molecule has 0 aliphatic heterocycles. The third kappa shape index (κ3) is 7.94. The summed E-state index contributed by atoms with van der Waals surface area (Å²) >= 11 is 12.3. The lowest BCUT2D eigenvalue weighted by Gasteiger charge is -2.04. The Morgan fingerprint density at radius 1 is 0.795 bits per heavy atom. The highest BCUT2D eigenvalue weighted by Crippen LogP contribution is 2.31. The minimum absolute atomic E-state index is 0.163. The smallest absolute Gasteiger partial charge is 0.340 e. The zero-order valence-corrected chi connectivity index (χ0v) is 26.2. The van der Waals surface area contributed by atoms with Gasteiger partial charge in [0.05, 0.1) is 42.0 Å². The first kappa shape index (κ1) is 35.9. The van der Waals surface area contributed by atoms with Crippen molar-refractivity contribution in [1.82, 2.24) is 19.1 Å². The zero-order valence-electron chi connectivity index (χ0n) is 24.6. The van der Waals surface area contributed by atoms with Crippen LogP contribution in [-0.4, -0.2) is 50.4 Å². The molecular weight excluding hydrogens is 543 g/mol. The Balaban J connectivity index is 0.000000623. The van der Waals surface area contributed by atoms with Crippen LogP contribution in [-0.2, 0) is 30.2 Å². The van der Waals surface area contributed by atoms with Gasteiger partial charge in [-0.15, -0.1) is 0 Å². The summed E-state index contributed by atoms with van der Waals surface area (Å²) in [5.41, 5.74) is 3.49. The van der Waals surface area contributed by atoms with E-state index in [1.165, 1.54) is 26.6 Å². The standard InChI is InChI=1S/C11H11ClN2O3.C11H11ClN2O2.3C2H6/c1-14-4-6(5-15)8-9(12)7(11(16)17-2)3-13-10(8)14;1-6-5-14(2)10-8(6)9(12)7(4-13-10)11(15)16-3;3*1-2/h3-4,15H,5H2,1-2H3;4-5H,1-3H3;3*1-2H3. The molecule has 0 bridgehead atoms. The maximum atomic E-state index is 11.5. The van der Waals surface area contributed by atoms with Crippen LogP contribution in [0.5, 0.6) is 0 Å². The van der Waals surface area contributed by atoms with Crippen LogP contribution in [0.25, 0.3) is 22.1 Å². The lowest BCUT2D eigenvalue weighted by molar-refractivity contribution is 0.0591. The quantitative estimate of drug-likeness (QED) is 0.261. The molecule has 39 heavy (non-hydrogen) atoms. The fourth-order valence-corrected chi connectivity index (χ4v) is 4.22. The van der Waals surface area contributed by atoms with Crippen molar-refractivity contribution < 1.29 is 24.2 Å². The van der Waals surface area contributed by atoms with Crippen molar-refractivity contribution in [3.05, 3.63) is 57.1 Å². The molecule has 4 heterocycles. The number of halogens is 2. The number of carbonyl (C=O) groups is 2. The predicted octanol–water partition coefficient (Wildman–Crippen LogP) is 6.91. The Bertz CT molecular complexity index is 1380. The average Bonchev–Trinajstić information content (AvgIpc) is 3.47. The summed E-state index contributed by atoms with van der Waals surface area (Å²) in [6, 6.07) is 0. The Kier molecular flexibility index (Phi) is 16.0. The monoisotopic (exact) mass is 582 g/mol. The van der Waals surface area contributed by atoms with Gasteiger partial charge < -0.3 is 23.7 Å². The summed E-state index contributed by atoms with van der Waals surface area (Å²) in [7, 11) is 6.28. The first-order valence-electron chi connectivity index (χ1n) is 12.7. The van der Waals surface area contributed by atoms with Crippen molar-refractivity contribution in [3.8, 4) is 0 Å². The minimum atomic E-state index is -0.544. The highest BCUT2D eigenvalue weighted by Gasteiger charge is 2.19. The van der Waals surface area contributed by atoms with E-state index in [-0.39, 0.29) is 17.2 Å². The second-order valence-corrected chi connectivity index (χ2v) is 7.95. The van der Waals surface area contributed by atoms with E-state index in [9.17, 15) is 14.7 Å². The van der Waals surface area contributed by atoms with Crippen LogP contribution in [0.4, 0.5) is 0 Å². The van der Waals surface area contributed by atoms with E-state index in [0.29, 0.717) is 27.2 Å². The fraction of sp³-hybridized carbons (Fsp3) is 0.429. The molecule has 0 amide bonds. The molecule has 1 N–H and O–H groups in total. The van der Waals surface area contributed by atoms with E-state index >= 15 is 0 Å². The van der Waals surface area contributed by atoms with E-state index in [2.05, 4.69) is 19.4 Å². The van der Waals surface area contributed by atoms with E-state index < -0.39 is 11.9 Å². The molecule has 4 rings (SSSR count). The van der Waals surface area contributed by atoms with Crippen molar-refractivity contribution in [2.24, 2.45) is 14.1 Å². The first-order valence-corrected chi connectivity index (χ1v) is 13.4. The number of aliphatic hydroxyl groups is 1. The van der Waals surface area contributed by atoms with Gasteiger partial charge in [-0.25, -0.2) is 19.6 Å². The molecule has 0 aromatic carbocycles. The van der Waals surface area contributed by atoms with Crippen molar-refractivity contribution >= 4 is 57.2 Å². The van der Waals surface area contributed by atoms with E-state index in [4.69, 9.17) is 23.2 Å². The van der Waals surface area contributed by atoms with Crippen molar-refractivity contribution in [2.45, 2.75) is 55.1 Å². The Morgan fingerprint density at radius 3 is 1.59 bits per heavy atom. The van der Waals surface area contributed by atoms with Gasteiger partial charge in [0.25, 0.3) is 0 Å². The number of carbonyl (C=O) groups excluding carboxylic acids is 2. The number of aliphatic hydroxyl groups excluding tert-OH is 1. The molecule has 0 saturated heterocycles. The molecule has 4 aromatic heterocycles. The number of aromatic nitrogens is 4. The molecule has 4 aromatic rings. The third-order valence-corrected chi connectivity index (χ3v) is 5.88. The maximum absolute atomic E-state index is 11.5. The summed E-state index contributed by atoms with van der Waals surface area (Å²) in [6.45, 7) is 13.8. The molecule has 216 valence electrons. The molecule has 0 unspecified atom stereocenters. The number of methoxy groups -OCH3 is 2. The second kappa shape index (κ2) is 17.4. The highest BCUT2D eigenvalue weighted by molar-refractivity contribution is 6.39. The number of ether oxygens (including phenoxy) is 2. The average molecular weight is 584 g/mol. The molecule has 9 nitrogen and oxygen atoms in total. The Labute approximate surface area is 240 Å². The third-order valence-electron chi connectivity index (χ3n) is 5.09. The number of rotatable bonds is 3. The molecule has 0 aliphatic carbocycles. The number of hydrogen-bond acceptors (Lipinski definition) is 7. The number of aryl methyl sites for hydroxylation is 3. The second-order valence-electron chi connectivity index (χ2n) is 7.20. The summed E-state index contributed by atoms with van der Waals surface area (Å²) in [4.78, 5) is 31.3. The van der Waals surface area contributed by atoms with Crippen molar-refractivity contribution in [2.75, 3.05) is 14.2 Å². The van der Waals surface area contributed by atoms with E-state index in [0.717, 1.165) is 16.6 Å². The molecular formula is C28H40Cl2N4O5. The van der Waals surface area contributed by atoms with Gasteiger partial charge >= 0.3 is 11.9 Å². The molecule has 0 spiro atoms. The number of nitrogens with zero attached hydrogens (tertiary/aromatic N) is 4. The maximum Gasteiger partial charge on any atom is 0.340 e. The highest BCUT2D eigenvalue weighted by atomic mass is 35.5. The van der Waals surface area contributed by atoms with E-state index in [1.54, 1.807) is 17.8 Å². The van der Waals surface area contributed by atoms with Crippen LogP contribution in [0.3, 0.4) is 0 Å². The molecule has 0 atom stereocenters. The molecule has 0 saturated carbocycles. The Hall–Kier alpha value is -3.14. The van der Waals surface area contributed by atoms with E-state index in [1.807, 2.05) is 66.3 Å². The number of fused-ring (bicyclic) bond motifs is 2. The summed E-state index contributed by atoms with van der Waals surface area (Å²) in [6.07, 6.45) is 6.46. The largest absolute Gasteiger partial charge is 0.465 e. The van der Waals surface area contributed by atoms with Crippen LogP contribution >= 0.6 is 23.2 Å². The van der Waals surface area contributed by atoms with Gasteiger partial charge in [0.2, 0.25) is 0 Å². The number of esters is 2. The van der Waals surface area contributed by atoms with Crippen LogP contribution < -0.4 is 0 Å². The summed E-state index contributed by atoms with van der Waals surface area (Å²) in [5, 5.41) is 11.3. The van der Waals surface area contributed by atoms with Gasteiger partial charge in [0.15, 0.2) is 0 Å². The van der Waals surface area contributed by atoms with Gasteiger partial charge in [0.1, 0.15) is 11.3 Å². The van der Waals surface area contributed by atoms with Crippen molar-refractivity contribution in [1.29, 1.82) is 0 Å². The first-order chi connectivity index (χ1) is 18.7. The van der Waals surface area contributed by atoms with Crippen LogP contribution in [0.2, 0.25) is 10.0 Å². The number of pyridine rings is 2. The molecule has 0 aliphatic rings. The van der Waals surface area contributed by atoms with Gasteiger partial charge in [-0.2, -0.15) is 0 Å². The normalized spacial score (nSPS) is 9.59. The van der Waals surface area contributed by atoms with Crippen LogP contribution in [0.1, 0.15) is 73.4 Å². The molecule has 0 fully saturated rings. The van der Waals surface area contributed by atoms with Gasteiger partial charge in [-0.1, -0.05) is 64.7 Å². The van der Waals surface area contributed by atoms with Crippen LogP contribution in [0, 0.1) is 6.92 Å². The number of hydrogen-bond donors (Lipinski definition) is 1. The topological polar surface area (TPSA) is 108 Å². The minimum Gasteiger partial charge on any atom is -0.465 e. The molecule has 0 radical (unpaired) electrons. The van der Waals surface area contributed by atoms with Gasteiger partial charge in [-0.05, 0) is 12.5 Å². The SMILES string of the molecule is CC.CC.CC.COC(=O)c1cnc2c(c(C)cn2C)c1Cl.COC(=O)c1cnc2c(c(CO)cn2C)c1Cl. The predicted molar refractivity (Wildman–Crippen MR) is 159 cm³/mol. The molecule has 11 heteroatoms. The summed E-state index contributed by atoms with van der Waals surface area (Å²) < 4.78 is 12.9. The van der Waals surface area contributed by atoms with Crippen molar-refractivity contribution in [3.63, 3.8) is 0 Å². The lowest BCUT2D eigenvalue weighted by Crippen LogP contribution is -2.03. The Morgan fingerprint density at radius 2 is 1.18 bits per heavy atom. The van der Waals surface area contributed by atoms with Crippen LogP contribution in [0.15, 0.2) is 24.8 Å². The fourth-order valence-electron chi connectivity index (χ4n) is 3.53.